The molecule has 0 N–H and O–H groups in total. The van der Waals surface area contributed by atoms with Crippen LogP contribution in [0.2, 0.25) is 10.0 Å². The number of hydrogen-bond acceptors (Lipinski definition) is 2. The summed E-state index contributed by atoms with van der Waals surface area (Å²) in [6.07, 6.45) is 2.89. The first-order valence-corrected chi connectivity index (χ1v) is 8.28. The zero-order chi connectivity index (χ0) is 17.0. The number of likely N-dealkylation sites (tertiary alicyclic amines) is 1. The van der Waals surface area contributed by atoms with Crippen molar-refractivity contribution in [3.63, 3.8) is 0 Å². The van der Waals surface area contributed by atoms with Crippen molar-refractivity contribution < 1.29 is 9.59 Å². The van der Waals surface area contributed by atoms with Gasteiger partial charge in [0.15, 0.2) is 0 Å². The lowest BCUT2D eigenvalue weighted by molar-refractivity contribution is -0.138. The maximum atomic E-state index is 12.2. The first kappa shape index (κ1) is 17.8. The van der Waals surface area contributed by atoms with E-state index in [1.54, 1.807) is 18.0 Å². The summed E-state index contributed by atoms with van der Waals surface area (Å²) in [5, 5.41) is 1.17. The Labute approximate surface area is 146 Å². The molecule has 1 aromatic carbocycles. The summed E-state index contributed by atoms with van der Waals surface area (Å²) < 4.78 is 0. The van der Waals surface area contributed by atoms with Crippen LogP contribution < -0.4 is 0 Å². The molecular formula is C17H20Cl2N2O2. The van der Waals surface area contributed by atoms with Crippen molar-refractivity contribution in [1.29, 1.82) is 0 Å². The molecule has 0 atom stereocenters. The number of carbonyl (C=O) groups excluding carboxylic acids is 2. The van der Waals surface area contributed by atoms with Crippen LogP contribution in [0, 0.1) is 0 Å². The van der Waals surface area contributed by atoms with Gasteiger partial charge < -0.3 is 9.80 Å². The third-order valence-electron chi connectivity index (χ3n) is 4.19. The van der Waals surface area contributed by atoms with E-state index < -0.39 is 0 Å². The van der Waals surface area contributed by atoms with Crippen molar-refractivity contribution in [1.82, 2.24) is 9.80 Å². The van der Waals surface area contributed by atoms with E-state index in [1.807, 2.05) is 12.1 Å². The van der Waals surface area contributed by atoms with Gasteiger partial charge in [0.05, 0.1) is 16.6 Å². The van der Waals surface area contributed by atoms with Crippen molar-refractivity contribution >= 4 is 35.0 Å². The number of rotatable bonds is 4. The smallest absolute Gasteiger partial charge is 0.246 e. The van der Waals surface area contributed by atoms with Gasteiger partial charge in [0.1, 0.15) is 0 Å². The molecule has 2 rings (SSSR count). The van der Waals surface area contributed by atoms with Gasteiger partial charge in [0, 0.05) is 20.1 Å². The fourth-order valence-electron chi connectivity index (χ4n) is 2.81. The molecule has 0 radical (unpaired) electrons. The summed E-state index contributed by atoms with van der Waals surface area (Å²) >= 11 is 12.3. The molecule has 124 valence electrons. The van der Waals surface area contributed by atoms with Crippen molar-refractivity contribution in [3.05, 3.63) is 46.5 Å². The van der Waals surface area contributed by atoms with E-state index >= 15 is 0 Å². The topological polar surface area (TPSA) is 40.6 Å². The molecular weight excluding hydrogens is 335 g/mol. The lowest BCUT2D eigenvalue weighted by atomic mass is 9.89. The SMILES string of the molecule is C=CC(=O)N(C)CC(=O)N1CCC(c2cccc(Cl)c2Cl)CC1. The fraction of sp³-hybridized carbons (Fsp3) is 0.412. The van der Waals surface area contributed by atoms with Gasteiger partial charge in [-0.05, 0) is 36.5 Å². The van der Waals surface area contributed by atoms with E-state index in [1.165, 1.54) is 11.0 Å². The molecule has 23 heavy (non-hydrogen) atoms. The van der Waals surface area contributed by atoms with E-state index in [9.17, 15) is 9.59 Å². The number of benzene rings is 1. The molecule has 0 spiro atoms. The summed E-state index contributed by atoms with van der Waals surface area (Å²) in [7, 11) is 1.60. The fourth-order valence-corrected chi connectivity index (χ4v) is 3.27. The van der Waals surface area contributed by atoms with Crippen molar-refractivity contribution in [2.45, 2.75) is 18.8 Å². The molecule has 0 unspecified atom stereocenters. The van der Waals surface area contributed by atoms with Gasteiger partial charge in [-0.3, -0.25) is 9.59 Å². The van der Waals surface area contributed by atoms with Crippen molar-refractivity contribution in [2.24, 2.45) is 0 Å². The molecule has 1 saturated heterocycles. The van der Waals surface area contributed by atoms with Crippen LogP contribution >= 0.6 is 23.2 Å². The van der Waals surface area contributed by atoms with E-state index in [4.69, 9.17) is 23.2 Å². The maximum Gasteiger partial charge on any atom is 0.246 e. The second-order valence-electron chi connectivity index (χ2n) is 5.70. The third kappa shape index (κ3) is 4.27. The van der Waals surface area contributed by atoms with E-state index in [0.717, 1.165) is 18.4 Å². The predicted octanol–water partition coefficient (Wildman–Crippen LogP) is 3.34. The number of hydrogen-bond donors (Lipinski definition) is 0. The third-order valence-corrected chi connectivity index (χ3v) is 5.03. The van der Waals surface area contributed by atoms with Gasteiger partial charge in [-0.1, -0.05) is 41.9 Å². The highest BCUT2D eigenvalue weighted by molar-refractivity contribution is 6.42. The Morgan fingerprint density at radius 2 is 2.00 bits per heavy atom. The first-order valence-electron chi connectivity index (χ1n) is 7.53. The second-order valence-corrected chi connectivity index (χ2v) is 6.48. The van der Waals surface area contributed by atoms with Crippen LogP contribution in [0.5, 0.6) is 0 Å². The largest absolute Gasteiger partial charge is 0.341 e. The Morgan fingerprint density at radius 3 is 2.61 bits per heavy atom. The number of nitrogens with zero attached hydrogens (tertiary/aromatic N) is 2. The number of halogens is 2. The molecule has 1 aliphatic rings. The molecule has 1 heterocycles. The molecule has 1 fully saturated rings. The standard InChI is InChI=1S/C17H20Cl2N2O2/c1-3-15(22)20(2)11-16(23)21-9-7-12(8-10-21)13-5-4-6-14(18)17(13)19/h3-6,12H,1,7-11H2,2H3. The summed E-state index contributed by atoms with van der Waals surface area (Å²) in [6.45, 7) is 4.81. The number of likely N-dealkylation sites (N-methyl/N-ethyl adjacent to an activating group) is 1. The van der Waals surface area contributed by atoms with Crippen LogP contribution in [0.4, 0.5) is 0 Å². The highest BCUT2D eigenvalue weighted by Crippen LogP contribution is 2.36. The van der Waals surface area contributed by atoms with E-state index in [2.05, 4.69) is 6.58 Å². The number of amides is 2. The molecule has 0 bridgehead atoms. The summed E-state index contributed by atoms with van der Waals surface area (Å²) in [6, 6.07) is 5.67. The molecule has 4 nitrogen and oxygen atoms in total. The van der Waals surface area contributed by atoms with Crippen LogP contribution in [0.15, 0.2) is 30.9 Å². The zero-order valence-corrected chi connectivity index (χ0v) is 14.6. The lowest BCUT2D eigenvalue weighted by Gasteiger charge is -2.33. The maximum absolute atomic E-state index is 12.2. The van der Waals surface area contributed by atoms with Crippen molar-refractivity contribution in [3.8, 4) is 0 Å². The molecule has 2 amide bonds. The monoisotopic (exact) mass is 354 g/mol. The van der Waals surface area contributed by atoms with Crippen LogP contribution in [-0.2, 0) is 9.59 Å². The van der Waals surface area contributed by atoms with Gasteiger partial charge in [-0.15, -0.1) is 0 Å². The molecule has 0 aliphatic carbocycles. The number of carbonyl (C=O) groups is 2. The molecule has 1 aromatic rings. The Bertz CT molecular complexity index is 611. The quantitative estimate of drug-likeness (QED) is 0.778. The molecule has 6 heteroatoms. The summed E-state index contributed by atoms with van der Waals surface area (Å²) in [5.74, 6) is 0.00933. The Balaban J connectivity index is 1.93. The minimum absolute atomic E-state index is 0.0432. The summed E-state index contributed by atoms with van der Waals surface area (Å²) in [5.41, 5.74) is 1.05. The molecule has 0 saturated carbocycles. The molecule has 0 aromatic heterocycles. The minimum Gasteiger partial charge on any atom is -0.341 e. The van der Waals surface area contributed by atoms with Gasteiger partial charge in [-0.2, -0.15) is 0 Å². The number of piperidine rings is 1. The van der Waals surface area contributed by atoms with Gasteiger partial charge in [0.25, 0.3) is 0 Å². The van der Waals surface area contributed by atoms with Crippen LogP contribution in [0.3, 0.4) is 0 Å². The van der Waals surface area contributed by atoms with Crippen molar-refractivity contribution in [2.75, 3.05) is 26.7 Å². The van der Waals surface area contributed by atoms with E-state index in [0.29, 0.717) is 29.1 Å². The Morgan fingerprint density at radius 1 is 1.35 bits per heavy atom. The predicted molar refractivity (Wildman–Crippen MR) is 92.9 cm³/mol. The lowest BCUT2D eigenvalue weighted by Crippen LogP contribution is -2.44. The van der Waals surface area contributed by atoms with E-state index in [-0.39, 0.29) is 18.4 Å². The minimum atomic E-state index is -0.251. The Kier molecular flexibility index (Phi) is 6.08. The summed E-state index contributed by atoms with van der Waals surface area (Å²) in [4.78, 5) is 26.9. The highest BCUT2D eigenvalue weighted by Gasteiger charge is 2.26. The average molecular weight is 355 g/mol. The Hall–Kier alpha value is -1.52. The highest BCUT2D eigenvalue weighted by atomic mass is 35.5. The average Bonchev–Trinajstić information content (AvgIpc) is 2.56. The first-order chi connectivity index (χ1) is 10.9. The van der Waals surface area contributed by atoms with Gasteiger partial charge >= 0.3 is 0 Å². The zero-order valence-electron chi connectivity index (χ0n) is 13.1. The van der Waals surface area contributed by atoms with Gasteiger partial charge in [-0.25, -0.2) is 0 Å². The van der Waals surface area contributed by atoms with Crippen LogP contribution in [0.25, 0.3) is 0 Å². The van der Waals surface area contributed by atoms with Crippen LogP contribution in [-0.4, -0.2) is 48.3 Å². The van der Waals surface area contributed by atoms with Crippen LogP contribution in [0.1, 0.15) is 24.3 Å². The molecule has 1 aliphatic heterocycles. The normalized spacial score (nSPS) is 15.3. The second kappa shape index (κ2) is 7.84. The van der Waals surface area contributed by atoms with Gasteiger partial charge in [0.2, 0.25) is 11.8 Å².